The summed E-state index contributed by atoms with van der Waals surface area (Å²) in [5.74, 6) is 11.6. The number of benzene rings is 2. The second-order valence-corrected chi connectivity index (χ2v) is 11.3. The largest absolute Gasteiger partial charge is 0.300 e. The number of aromatic nitrogens is 2. The Morgan fingerprint density at radius 3 is 1.54 bits per heavy atom. The predicted molar refractivity (Wildman–Crippen MR) is 168 cm³/mol. The first-order valence-corrected chi connectivity index (χ1v) is 14.5. The van der Waals surface area contributed by atoms with Gasteiger partial charge in [-0.2, -0.15) is 0 Å². The quantitative estimate of drug-likeness (QED) is 0.234. The first kappa shape index (κ1) is 33.2. The molecule has 41 heavy (non-hydrogen) atoms. The van der Waals surface area contributed by atoms with Gasteiger partial charge in [0.25, 0.3) is 0 Å². The van der Waals surface area contributed by atoms with Crippen LogP contribution in [-0.2, 0) is 28.9 Å². The summed E-state index contributed by atoms with van der Waals surface area (Å²) in [6.07, 6.45) is 14.1. The van der Waals surface area contributed by atoms with Gasteiger partial charge in [-0.15, -0.1) is 6.42 Å². The molecule has 4 heteroatoms. The van der Waals surface area contributed by atoms with E-state index in [1.807, 2.05) is 36.4 Å². The van der Waals surface area contributed by atoms with Crippen LogP contribution in [0.5, 0.6) is 0 Å². The van der Waals surface area contributed by atoms with Crippen molar-refractivity contribution in [1.29, 1.82) is 0 Å². The highest BCUT2D eigenvalue weighted by atomic mass is 16.1. The SMILES string of the molecule is C#Cc1ccc(CC(C)CC(C)=O)cc1.CCC(C)Cc1ncc(C#Cc2ccc(CC(C)CC(C)=O)cc2)cn1. The van der Waals surface area contributed by atoms with Crippen molar-refractivity contribution in [2.45, 2.75) is 80.1 Å². The van der Waals surface area contributed by atoms with Gasteiger partial charge in [-0.05, 0) is 79.8 Å². The summed E-state index contributed by atoms with van der Waals surface area (Å²) >= 11 is 0. The fraction of sp³-hybridized carbons (Fsp3) is 0.405. The lowest BCUT2D eigenvalue weighted by Crippen LogP contribution is -2.04. The number of Topliss-reactive ketones (excluding diaryl/α,β-unsaturated/α-hetero) is 2. The van der Waals surface area contributed by atoms with E-state index in [9.17, 15) is 9.59 Å². The third kappa shape index (κ3) is 13.7. The molecule has 1 aromatic heterocycles. The predicted octanol–water partition coefficient (Wildman–Crippen LogP) is 7.45. The summed E-state index contributed by atoms with van der Waals surface area (Å²) in [6, 6.07) is 16.2. The van der Waals surface area contributed by atoms with E-state index in [1.54, 1.807) is 26.2 Å². The van der Waals surface area contributed by atoms with Gasteiger partial charge in [-0.25, -0.2) is 9.97 Å². The molecule has 0 N–H and O–H groups in total. The van der Waals surface area contributed by atoms with Crippen molar-refractivity contribution in [3.63, 3.8) is 0 Å². The van der Waals surface area contributed by atoms with Gasteiger partial charge in [0.2, 0.25) is 0 Å². The van der Waals surface area contributed by atoms with Crippen LogP contribution in [-0.4, -0.2) is 21.5 Å². The van der Waals surface area contributed by atoms with Crippen LogP contribution < -0.4 is 0 Å². The van der Waals surface area contributed by atoms with Crippen molar-refractivity contribution in [1.82, 2.24) is 9.97 Å². The molecule has 0 saturated carbocycles. The number of terminal acetylenes is 1. The Labute approximate surface area is 247 Å². The Kier molecular flexibility index (Phi) is 14.3. The zero-order valence-corrected chi connectivity index (χ0v) is 25.5. The highest BCUT2D eigenvalue weighted by Gasteiger charge is 2.07. The molecule has 0 radical (unpaired) electrons. The van der Waals surface area contributed by atoms with Crippen LogP contribution in [0, 0.1) is 41.9 Å². The van der Waals surface area contributed by atoms with Crippen LogP contribution in [0.15, 0.2) is 60.9 Å². The molecule has 0 aliphatic carbocycles. The summed E-state index contributed by atoms with van der Waals surface area (Å²) in [5.41, 5.74) is 5.18. The molecule has 0 bridgehead atoms. The van der Waals surface area contributed by atoms with E-state index in [1.165, 1.54) is 11.1 Å². The summed E-state index contributed by atoms with van der Waals surface area (Å²) < 4.78 is 0. The van der Waals surface area contributed by atoms with Crippen molar-refractivity contribution in [3.8, 4) is 24.2 Å². The number of hydrogen-bond donors (Lipinski definition) is 0. The molecule has 3 atom stereocenters. The first-order valence-electron chi connectivity index (χ1n) is 14.5. The lowest BCUT2D eigenvalue weighted by molar-refractivity contribution is -0.118. The number of carbonyl (C=O) groups is 2. The molecule has 3 unspecified atom stereocenters. The van der Waals surface area contributed by atoms with Crippen molar-refractivity contribution in [3.05, 3.63) is 94.6 Å². The number of carbonyl (C=O) groups excluding carboxylic acids is 2. The molecule has 3 aromatic rings. The average Bonchev–Trinajstić information content (AvgIpc) is 2.93. The summed E-state index contributed by atoms with van der Waals surface area (Å²) in [6.45, 7) is 11.9. The second-order valence-electron chi connectivity index (χ2n) is 11.3. The van der Waals surface area contributed by atoms with Gasteiger partial charge in [-0.1, -0.05) is 76.1 Å². The minimum absolute atomic E-state index is 0.248. The Morgan fingerprint density at radius 1 is 0.683 bits per heavy atom. The minimum atomic E-state index is 0.248. The van der Waals surface area contributed by atoms with Gasteiger partial charge in [0.15, 0.2) is 0 Å². The third-order valence-electron chi connectivity index (χ3n) is 6.80. The van der Waals surface area contributed by atoms with E-state index >= 15 is 0 Å². The van der Waals surface area contributed by atoms with Crippen molar-refractivity contribution < 1.29 is 9.59 Å². The molecule has 214 valence electrons. The monoisotopic (exact) mass is 548 g/mol. The summed E-state index contributed by atoms with van der Waals surface area (Å²) in [7, 11) is 0. The molecule has 0 aliphatic heterocycles. The standard InChI is InChI=1S/C23H28N2O.C14H16O/c1-5-17(2)14-23-24-15-22(16-25-23)11-8-20-6-9-21(10-7-20)13-18(3)12-19(4)26;1-4-13-5-7-14(8-6-13)10-11(2)9-12(3)15/h6-7,9-10,15-18H,5,12-14H2,1-4H3;1,5-8,11H,9-10H2,2-3H3. The average molecular weight is 549 g/mol. The number of ketones is 2. The van der Waals surface area contributed by atoms with Crippen molar-refractivity contribution in [2.24, 2.45) is 17.8 Å². The van der Waals surface area contributed by atoms with E-state index in [2.05, 4.69) is 67.6 Å². The van der Waals surface area contributed by atoms with E-state index in [-0.39, 0.29) is 11.6 Å². The molecule has 0 fully saturated rings. The van der Waals surface area contributed by atoms with Crippen molar-refractivity contribution in [2.75, 3.05) is 0 Å². The smallest absolute Gasteiger partial charge is 0.130 e. The highest BCUT2D eigenvalue weighted by molar-refractivity contribution is 5.76. The Bertz CT molecular complexity index is 1340. The Hall–Kier alpha value is -4.02. The van der Waals surface area contributed by atoms with Crippen molar-refractivity contribution >= 4 is 11.6 Å². The molecule has 0 saturated heterocycles. The molecule has 1 heterocycles. The molecule has 2 aromatic carbocycles. The highest BCUT2D eigenvalue weighted by Crippen LogP contribution is 2.14. The van der Waals surface area contributed by atoms with Crippen LogP contribution in [0.3, 0.4) is 0 Å². The maximum Gasteiger partial charge on any atom is 0.130 e. The van der Waals surface area contributed by atoms with Gasteiger partial charge >= 0.3 is 0 Å². The molecular weight excluding hydrogens is 504 g/mol. The first-order chi connectivity index (χ1) is 19.6. The van der Waals surface area contributed by atoms with Crippen LogP contribution in [0.2, 0.25) is 0 Å². The van der Waals surface area contributed by atoms with Gasteiger partial charge in [0, 0.05) is 42.8 Å². The van der Waals surface area contributed by atoms with Crippen LogP contribution >= 0.6 is 0 Å². The molecule has 3 rings (SSSR count). The topological polar surface area (TPSA) is 59.9 Å². The minimum Gasteiger partial charge on any atom is -0.300 e. The maximum atomic E-state index is 11.2. The molecule has 0 aliphatic rings. The van der Waals surface area contributed by atoms with Crippen LogP contribution in [0.1, 0.15) is 94.4 Å². The number of nitrogens with zero attached hydrogens (tertiary/aromatic N) is 2. The molecular formula is C37H44N2O2. The van der Waals surface area contributed by atoms with Gasteiger partial charge in [0.1, 0.15) is 17.4 Å². The Morgan fingerprint density at radius 2 is 1.12 bits per heavy atom. The van der Waals surface area contributed by atoms with Crippen LogP contribution in [0.25, 0.3) is 0 Å². The third-order valence-corrected chi connectivity index (χ3v) is 6.80. The lowest BCUT2D eigenvalue weighted by Gasteiger charge is -2.09. The lowest BCUT2D eigenvalue weighted by atomic mass is 9.96. The molecule has 4 nitrogen and oxygen atoms in total. The second kappa shape index (κ2) is 17.6. The normalized spacial score (nSPS) is 12.4. The van der Waals surface area contributed by atoms with Crippen LogP contribution in [0.4, 0.5) is 0 Å². The zero-order valence-electron chi connectivity index (χ0n) is 25.5. The summed E-state index contributed by atoms with van der Waals surface area (Å²) in [5, 5.41) is 0. The van der Waals surface area contributed by atoms with E-state index in [0.29, 0.717) is 30.6 Å². The fourth-order valence-corrected chi connectivity index (χ4v) is 4.52. The number of hydrogen-bond acceptors (Lipinski definition) is 4. The van der Waals surface area contributed by atoms with Gasteiger partial charge in [-0.3, -0.25) is 0 Å². The zero-order chi connectivity index (χ0) is 30.2. The molecule has 0 amide bonds. The maximum absolute atomic E-state index is 11.2. The Balaban J connectivity index is 0.000000333. The van der Waals surface area contributed by atoms with E-state index < -0.39 is 0 Å². The fourth-order valence-electron chi connectivity index (χ4n) is 4.52. The van der Waals surface area contributed by atoms with E-state index in [0.717, 1.165) is 48.2 Å². The van der Waals surface area contributed by atoms with Gasteiger partial charge in [0.05, 0.1) is 5.56 Å². The van der Waals surface area contributed by atoms with E-state index in [4.69, 9.17) is 6.42 Å². The molecule has 0 spiro atoms. The number of rotatable bonds is 11. The summed E-state index contributed by atoms with van der Waals surface area (Å²) in [4.78, 5) is 30.9. The van der Waals surface area contributed by atoms with Gasteiger partial charge < -0.3 is 9.59 Å².